The standard InChI is InChI=1S/C19H25N3O3/c1-7-17(19(23)24-6)18-11-9-8-10-16(18)12-25-22-15(5)14(4)21-20-13(2)3/h7-11H,12H2,1-6H3/b17-7-,21-14-,22-15-. The average molecular weight is 343 g/mol. The highest BCUT2D eigenvalue weighted by molar-refractivity contribution is 6.40. The highest BCUT2D eigenvalue weighted by atomic mass is 16.6. The first-order valence-electron chi connectivity index (χ1n) is 7.96. The summed E-state index contributed by atoms with van der Waals surface area (Å²) < 4.78 is 4.83. The van der Waals surface area contributed by atoms with Gasteiger partial charge in [0.05, 0.1) is 24.1 Å². The van der Waals surface area contributed by atoms with Gasteiger partial charge in [0.15, 0.2) is 0 Å². The Kier molecular flexibility index (Phi) is 8.26. The second kappa shape index (κ2) is 10.2. The molecular formula is C19H25N3O3. The van der Waals surface area contributed by atoms with Crippen LogP contribution >= 0.6 is 0 Å². The fraction of sp³-hybridized carbons (Fsp3) is 0.368. The molecule has 134 valence electrons. The van der Waals surface area contributed by atoms with Gasteiger partial charge in [-0.15, -0.1) is 0 Å². The largest absolute Gasteiger partial charge is 0.465 e. The van der Waals surface area contributed by atoms with Crippen LogP contribution in [0, 0.1) is 0 Å². The van der Waals surface area contributed by atoms with Gasteiger partial charge >= 0.3 is 5.97 Å². The zero-order valence-corrected chi connectivity index (χ0v) is 15.7. The van der Waals surface area contributed by atoms with Gasteiger partial charge in [-0.2, -0.15) is 10.2 Å². The number of ether oxygens (including phenoxy) is 1. The first-order chi connectivity index (χ1) is 11.9. The molecule has 1 aromatic rings. The molecule has 0 radical (unpaired) electrons. The predicted octanol–water partition coefficient (Wildman–Crippen LogP) is 4.01. The van der Waals surface area contributed by atoms with E-state index in [0.717, 1.165) is 16.8 Å². The van der Waals surface area contributed by atoms with Crippen LogP contribution in [0.5, 0.6) is 0 Å². The summed E-state index contributed by atoms with van der Waals surface area (Å²) in [6.07, 6.45) is 1.72. The number of nitrogens with zero attached hydrogens (tertiary/aromatic N) is 3. The topological polar surface area (TPSA) is 72.6 Å². The molecule has 0 N–H and O–H groups in total. The Morgan fingerprint density at radius 2 is 1.76 bits per heavy atom. The molecule has 0 aliphatic carbocycles. The number of hydrogen-bond donors (Lipinski definition) is 0. The molecule has 0 saturated heterocycles. The first-order valence-corrected chi connectivity index (χ1v) is 7.96. The second-order valence-corrected chi connectivity index (χ2v) is 5.53. The van der Waals surface area contributed by atoms with Crippen LogP contribution in [0.25, 0.3) is 5.57 Å². The van der Waals surface area contributed by atoms with Gasteiger partial charge in [-0.3, -0.25) is 0 Å². The quantitative estimate of drug-likeness (QED) is 0.325. The van der Waals surface area contributed by atoms with Crippen molar-refractivity contribution in [2.75, 3.05) is 7.11 Å². The van der Waals surface area contributed by atoms with Crippen LogP contribution in [-0.4, -0.2) is 30.2 Å². The number of oxime groups is 1. The van der Waals surface area contributed by atoms with E-state index in [1.165, 1.54) is 7.11 Å². The van der Waals surface area contributed by atoms with Gasteiger partial charge in [0, 0.05) is 11.3 Å². The van der Waals surface area contributed by atoms with Gasteiger partial charge in [0.25, 0.3) is 0 Å². The number of methoxy groups -OCH3 is 1. The molecule has 1 rings (SSSR count). The Morgan fingerprint density at radius 1 is 1.08 bits per heavy atom. The van der Waals surface area contributed by atoms with Gasteiger partial charge in [-0.05, 0) is 40.2 Å². The SMILES string of the molecule is C/C=C(\C(=O)OC)c1ccccc1CO/N=C(C)\C(C)=N/N=C(C)C. The fourth-order valence-electron chi connectivity index (χ4n) is 1.91. The highest BCUT2D eigenvalue weighted by Crippen LogP contribution is 2.21. The molecule has 0 saturated carbocycles. The molecule has 0 heterocycles. The number of rotatable bonds is 7. The molecule has 6 nitrogen and oxygen atoms in total. The third-order valence-electron chi connectivity index (χ3n) is 3.35. The zero-order valence-electron chi connectivity index (χ0n) is 15.7. The maximum Gasteiger partial charge on any atom is 0.338 e. The molecule has 0 fully saturated rings. The Bertz CT molecular complexity index is 727. The summed E-state index contributed by atoms with van der Waals surface area (Å²) in [5.41, 5.74) is 4.28. The predicted molar refractivity (Wildman–Crippen MR) is 102 cm³/mol. The number of allylic oxidation sites excluding steroid dienone is 1. The van der Waals surface area contributed by atoms with E-state index in [9.17, 15) is 4.79 Å². The Hall–Kier alpha value is -2.76. The molecule has 0 atom stereocenters. The molecule has 0 aliphatic rings. The van der Waals surface area contributed by atoms with Crippen LogP contribution in [0.4, 0.5) is 0 Å². The Labute approximate surface area is 148 Å². The molecule has 6 heteroatoms. The summed E-state index contributed by atoms with van der Waals surface area (Å²) in [5.74, 6) is -0.384. The Balaban J connectivity index is 2.92. The summed E-state index contributed by atoms with van der Waals surface area (Å²) in [7, 11) is 1.36. The third-order valence-corrected chi connectivity index (χ3v) is 3.35. The smallest absolute Gasteiger partial charge is 0.338 e. The van der Waals surface area contributed by atoms with Crippen molar-refractivity contribution in [1.29, 1.82) is 0 Å². The monoisotopic (exact) mass is 343 g/mol. The van der Waals surface area contributed by atoms with E-state index in [1.54, 1.807) is 19.9 Å². The number of esters is 1. The summed E-state index contributed by atoms with van der Waals surface area (Å²) in [6.45, 7) is 9.38. The van der Waals surface area contributed by atoms with Crippen molar-refractivity contribution in [1.82, 2.24) is 0 Å². The minimum atomic E-state index is -0.384. The van der Waals surface area contributed by atoms with Crippen LogP contribution in [0.15, 0.2) is 45.7 Å². The van der Waals surface area contributed by atoms with Crippen LogP contribution in [-0.2, 0) is 21.0 Å². The van der Waals surface area contributed by atoms with Crippen molar-refractivity contribution in [3.05, 3.63) is 41.5 Å². The summed E-state index contributed by atoms with van der Waals surface area (Å²) in [6, 6.07) is 7.49. The zero-order chi connectivity index (χ0) is 18.8. The van der Waals surface area contributed by atoms with E-state index in [0.29, 0.717) is 17.0 Å². The molecule has 0 aliphatic heterocycles. The van der Waals surface area contributed by atoms with Gasteiger partial charge < -0.3 is 9.57 Å². The van der Waals surface area contributed by atoms with E-state index in [1.807, 2.05) is 45.0 Å². The molecule has 25 heavy (non-hydrogen) atoms. The molecule has 0 amide bonds. The van der Waals surface area contributed by atoms with Crippen LogP contribution in [0.3, 0.4) is 0 Å². The third kappa shape index (κ3) is 6.33. The van der Waals surface area contributed by atoms with E-state index < -0.39 is 0 Å². The van der Waals surface area contributed by atoms with Crippen molar-refractivity contribution in [2.24, 2.45) is 15.4 Å². The van der Waals surface area contributed by atoms with E-state index in [4.69, 9.17) is 9.57 Å². The number of hydrogen-bond acceptors (Lipinski definition) is 6. The Morgan fingerprint density at radius 3 is 2.36 bits per heavy atom. The van der Waals surface area contributed by atoms with E-state index >= 15 is 0 Å². The number of carbonyl (C=O) groups excluding carboxylic acids is 1. The summed E-state index contributed by atoms with van der Waals surface area (Å²) in [5, 5.41) is 12.1. The van der Waals surface area contributed by atoms with Crippen molar-refractivity contribution in [3.8, 4) is 0 Å². The van der Waals surface area contributed by atoms with E-state index in [-0.39, 0.29) is 12.6 Å². The van der Waals surface area contributed by atoms with Crippen LogP contribution in [0.2, 0.25) is 0 Å². The molecule has 0 unspecified atom stereocenters. The number of benzene rings is 1. The van der Waals surface area contributed by atoms with Crippen molar-refractivity contribution in [2.45, 2.75) is 41.2 Å². The maximum absolute atomic E-state index is 11.9. The lowest BCUT2D eigenvalue weighted by atomic mass is 10.00. The number of carbonyl (C=O) groups is 1. The van der Waals surface area contributed by atoms with Crippen molar-refractivity contribution in [3.63, 3.8) is 0 Å². The maximum atomic E-state index is 11.9. The fourth-order valence-corrected chi connectivity index (χ4v) is 1.91. The highest BCUT2D eigenvalue weighted by Gasteiger charge is 2.15. The van der Waals surface area contributed by atoms with E-state index in [2.05, 4.69) is 15.4 Å². The first kappa shape index (κ1) is 20.3. The molecular weight excluding hydrogens is 318 g/mol. The van der Waals surface area contributed by atoms with Gasteiger partial charge in [0.1, 0.15) is 6.61 Å². The lowest BCUT2D eigenvalue weighted by Crippen LogP contribution is -2.08. The lowest BCUT2D eigenvalue weighted by molar-refractivity contribution is -0.133. The van der Waals surface area contributed by atoms with Gasteiger partial charge in [-0.25, -0.2) is 4.79 Å². The van der Waals surface area contributed by atoms with Gasteiger partial charge in [-0.1, -0.05) is 35.5 Å². The molecule has 0 bridgehead atoms. The summed E-state index contributed by atoms with van der Waals surface area (Å²) >= 11 is 0. The average Bonchev–Trinajstić information content (AvgIpc) is 2.61. The molecule has 0 spiro atoms. The minimum absolute atomic E-state index is 0.227. The van der Waals surface area contributed by atoms with Gasteiger partial charge in [0.2, 0.25) is 0 Å². The second-order valence-electron chi connectivity index (χ2n) is 5.53. The van der Waals surface area contributed by atoms with Crippen molar-refractivity contribution < 1.29 is 14.4 Å². The molecule has 1 aromatic carbocycles. The van der Waals surface area contributed by atoms with Crippen LogP contribution in [0.1, 0.15) is 45.7 Å². The van der Waals surface area contributed by atoms with Crippen LogP contribution < -0.4 is 0 Å². The molecule has 0 aromatic heterocycles. The van der Waals surface area contributed by atoms with Crippen molar-refractivity contribution >= 4 is 28.7 Å². The summed E-state index contributed by atoms with van der Waals surface area (Å²) in [4.78, 5) is 17.3. The lowest BCUT2D eigenvalue weighted by Gasteiger charge is -2.10. The minimum Gasteiger partial charge on any atom is -0.465 e. The normalized spacial score (nSPS) is 12.6.